The Hall–Kier alpha value is -1.20. The van der Waals surface area contributed by atoms with Crippen LogP contribution >= 0.6 is 0 Å². The quantitative estimate of drug-likeness (QED) is 0.745. The van der Waals surface area contributed by atoms with Crippen LogP contribution in [0.3, 0.4) is 0 Å². The first-order valence-electron chi connectivity index (χ1n) is 4.02. The number of hydrogen-bond acceptors (Lipinski definition) is 2. The van der Waals surface area contributed by atoms with Crippen LogP contribution in [0.4, 0.5) is 5.69 Å². The molecule has 4 nitrogen and oxygen atoms in total. The van der Waals surface area contributed by atoms with Gasteiger partial charge in [-0.2, -0.15) is 0 Å². The number of nitrogens with one attached hydrogen (secondary N) is 1. The Kier molecular flexibility index (Phi) is 3.79. The Morgan fingerprint density at radius 2 is 2.14 bits per heavy atom. The van der Waals surface area contributed by atoms with E-state index < -0.39 is 11.1 Å². The maximum absolute atomic E-state index is 10.8. The minimum atomic E-state index is -1.89. The number of benzene rings is 1. The lowest BCUT2D eigenvalue weighted by atomic mass is 10.2. The van der Waals surface area contributed by atoms with Gasteiger partial charge in [-0.05, 0) is 11.6 Å². The molecule has 0 aliphatic carbocycles. The molecule has 1 unspecified atom stereocenters. The Balaban J connectivity index is 2.90. The number of anilines is 1. The normalized spacial score (nSPS) is 12.1. The van der Waals surface area contributed by atoms with E-state index in [-0.39, 0.29) is 11.7 Å². The van der Waals surface area contributed by atoms with E-state index in [9.17, 15) is 9.00 Å². The van der Waals surface area contributed by atoms with Gasteiger partial charge >= 0.3 is 0 Å². The summed E-state index contributed by atoms with van der Waals surface area (Å²) in [5, 5.41) is 2.59. The summed E-state index contributed by atoms with van der Waals surface area (Å²) in [7, 11) is 0. The Morgan fingerprint density at radius 3 is 2.71 bits per heavy atom. The Morgan fingerprint density at radius 1 is 1.50 bits per heavy atom. The van der Waals surface area contributed by atoms with Crippen molar-refractivity contribution in [2.45, 2.75) is 12.7 Å². The van der Waals surface area contributed by atoms with Crippen molar-refractivity contribution < 1.29 is 13.6 Å². The molecule has 1 aromatic carbocycles. The average Bonchev–Trinajstić information content (AvgIpc) is 2.06. The van der Waals surface area contributed by atoms with Crippen molar-refractivity contribution >= 4 is 22.7 Å². The molecular weight excluding hydrogens is 202 g/mol. The summed E-state index contributed by atoms with van der Waals surface area (Å²) in [5.41, 5.74) is 1.24. The molecule has 0 aliphatic rings. The van der Waals surface area contributed by atoms with Crippen molar-refractivity contribution in [3.8, 4) is 0 Å². The van der Waals surface area contributed by atoms with Gasteiger partial charge in [-0.3, -0.25) is 4.79 Å². The van der Waals surface area contributed by atoms with E-state index in [1.54, 1.807) is 24.3 Å². The Bertz CT molecular complexity index is 330. The second-order valence-electron chi connectivity index (χ2n) is 2.80. The third-order valence-corrected chi connectivity index (χ3v) is 2.16. The van der Waals surface area contributed by atoms with Gasteiger partial charge in [0.05, 0.1) is 5.75 Å². The third-order valence-electron chi connectivity index (χ3n) is 1.61. The van der Waals surface area contributed by atoms with Crippen molar-refractivity contribution in [3.05, 3.63) is 29.8 Å². The topological polar surface area (TPSA) is 66.4 Å². The summed E-state index contributed by atoms with van der Waals surface area (Å²) in [6.45, 7) is 1.40. The van der Waals surface area contributed by atoms with E-state index in [0.717, 1.165) is 0 Å². The van der Waals surface area contributed by atoms with Crippen molar-refractivity contribution in [1.29, 1.82) is 0 Å². The van der Waals surface area contributed by atoms with Gasteiger partial charge < -0.3 is 9.87 Å². The highest BCUT2D eigenvalue weighted by Gasteiger charge is 2.05. The first kappa shape index (κ1) is 10.9. The van der Waals surface area contributed by atoms with Crippen LogP contribution < -0.4 is 5.32 Å². The second kappa shape index (κ2) is 4.88. The molecule has 1 atom stereocenters. The molecule has 0 radical (unpaired) electrons. The predicted molar refractivity (Wildman–Crippen MR) is 55.2 cm³/mol. The first-order chi connectivity index (χ1) is 6.59. The lowest BCUT2D eigenvalue weighted by molar-refractivity contribution is -0.114. The zero-order valence-electron chi connectivity index (χ0n) is 7.69. The summed E-state index contributed by atoms with van der Waals surface area (Å²) in [6.07, 6.45) is 0. The van der Waals surface area contributed by atoms with Crippen LogP contribution in [0.15, 0.2) is 24.3 Å². The summed E-state index contributed by atoms with van der Waals surface area (Å²) >= 11 is -1.89. The van der Waals surface area contributed by atoms with Gasteiger partial charge in [0, 0.05) is 12.6 Å². The van der Waals surface area contributed by atoms with E-state index in [1.807, 2.05) is 0 Å². The molecule has 76 valence electrons. The number of rotatable bonds is 3. The SMILES string of the molecule is CC(=O)Nc1ccccc1CS(=O)O. The van der Waals surface area contributed by atoms with Gasteiger partial charge in [-0.25, -0.2) is 4.21 Å². The number of hydrogen-bond donors (Lipinski definition) is 2. The molecule has 0 fully saturated rings. The minimum Gasteiger partial charge on any atom is -0.326 e. The van der Waals surface area contributed by atoms with Crippen molar-refractivity contribution in [1.82, 2.24) is 0 Å². The van der Waals surface area contributed by atoms with Crippen molar-refractivity contribution in [2.24, 2.45) is 0 Å². The first-order valence-corrected chi connectivity index (χ1v) is 5.30. The lowest BCUT2D eigenvalue weighted by Crippen LogP contribution is -2.08. The number of carbonyl (C=O) groups is 1. The van der Waals surface area contributed by atoms with E-state index >= 15 is 0 Å². The maximum atomic E-state index is 10.8. The fourth-order valence-corrected chi connectivity index (χ4v) is 1.61. The van der Waals surface area contributed by atoms with Crippen LogP contribution in [-0.2, 0) is 21.6 Å². The van der Waals surface area contributed by atoms with E-state index in [1.165, 1.54) is 6.92 Å². The zero-order chi connectivity index (χ0) is 10.6. The third kappa shape index (κ3) is 3.27. The lowest BCUT2D eigenvalue weighted by Gasteiger charge is -2.07. The average molecular weight is 213 g/mol. The molecule has 14 heavy (non-hydrogen) atoms. The summed E-state index contributed by atoms with van der Waals surface area (Å²) in [6, 6.07) is 6.92. The van der Waals surface area contributed by atoms with Crippen molar-refractivity contribution in [3.63, 3.8) is 0 Å². The molecule has 0 heterocycles. The molecule has 0 spiro atoms. The summed E-state index contributed by atoms with van der Waals surface area (Å²) in [5.74, 6) is -0.169. The molecule has 1 amide bonds. The monoisotopic (exact) mass is 213 g/mol. The van der Waals surface area contributed by atoms with Gasteiger partial charge in [0.1, 0.15) is 0 Å². The van der Waals surface area contributed by atoms with Crippen molar-refractivity contribution in [2.75, 3.05) is 5.32 Å². The van der Waals surface area contributed by atoms with E-state index in [4.69, 9.17) is 4.55 Å². The smallest absolute Gasteiger partial charge is 0.221 e. The standard InChI is InChI=1S/C9H11NO3S/c1-7(11)10-9-5-3-2-4-8(9)6-14(12)13/h2-5H,6H2,1H3,(H,10,11)(H,12,13). The molecule has 2 N–H and O–H groups in total. The molecule has 5 heteroatoms. The second-order valence-corrected chi connectivity index (χ2v) is 3.74. The fraction of sp³-hybridized carbons (Fsp3) is 0.222. The molecule has 1 rings (SSSR count). The van der Waals surface area contributed by atoms with Gasteiger partial charge in [-0.1, -0.05) is 18.2 Å². The van der Waals surface area contributed by atoms with Gasteiger partial charge in [0.25, 0.3) is 0 Å². The maximum Gasteiger partial charge on any atom is 0.221 e. The van der Waals surface area contributed by atoms with Crippen LogP contribution in [-0.4, -0.2) is 14.7 Å². The molecule has 0 aromatic heterocycles. The summed E-state index contributed by atoms with van der Waals surface area (Å²) in [4.78, 5) is 10.8. The number of amides is 1. The molecule has 1 aromatic rings. The molecule has 0 aliphatic heterocycles. The fourth-order valence-electron chi connectivity index (χ4n) is 1.09. The summed E-state index contributed by atoms with van der Waals surface area (Å²) < 4.78 is 19.3. The van der Waals surface area contributed by atoms with E-state index in [0.29, 0.717) is 11.3 Å². The van der Waals surface area contributed by atoms with Crippen LogP contribution in [0.1, 0.15) is 12.5 Å². The highest BCUT2D eigenvalue weighted by Crippen LogP contribution is 2.16. The highest BCUT2D eigenvalue weighted by atomic mass is 32.2. The van der Waals surface area contributed by atoms with Crippen LogP contribution in [0.25, 0.3) is 0 Å². The molecule has 0 saturated carbocycles. The van der Waals surface area contributed by atoms with Gasteiger partial charge in [0.15, 0.2) is 11.1 Å². The number of para-hydroxylation sites is 1. The van der Waals surface area contributed by atoms with Gasteiger partial charge in [-0.15, -0.1) is 0 Å². The van der Waals surface area contributed by atoms with Crippen LogP contribution in [0.2, 0.25) is 0 Å². The molecular formula is C9H11NO3S. The predicted octanol–water partition coefficient (Wildman–Crippen LogP) is 1.37. The molecule has 0 bridgehead atoms. The van der Waals surface area contributed by atoms with Crippen LogP contribution in [0, 0.1) is 0 Å². The van der Waals surface area contributed by atoms with E-state index in [2.05, 4.69) is 5.32 Å². The molecule has 0 saturated heterocycles. The Labute approximate surface area is 84.6 Å². The highest BCUT2D eigenvalue weighted by molar-refractivity contribution is 7.78. The number of carbonyl (C=O) groups excluding carboxylic acids is 1. The zero-order valence-corrected chi connectivity index (χ0v) is 8.50. The minimum absolute atomic E-state index is 0.0243. The van der Waals surface area contributed by atoms with Crippen LogP contribution in [0.5, 0.6) is 0 Å². The largest absolute Gasteiger partial charge is 0.326 e. The van der Waals surface area contributed by atoms with Gasteiger partial charge in [0.2, 0.25) is 5.91 Å².